The Balaban J connectivity index is 1.97. The first kappa shape index (κ1) is 13.8. The fraction of sp³-hybridized carbons (Fsp3) is 0.571. The highest BCUT2D eigenvalue weighted by Gasteiger charge is 2.33. The van der Waals surface area contributed by atoms with Crippen molar-refractivity contribution in [2.24, 2.45) is 5.92 Å². The first-order chi connectivity index (χ1) is 9.00. The Kier molecular flexibility index (Phi) is 4.04. The summed E-state index contributed by atoms with van der Waals surface area (Å²) in [7, 11) is 0. The Hall–Kier alpha value is -1.62. The predicted octanol–water partition coefficient (Wildman–Crippen LogP) is 1.05. The van der Waals surface area contributed by atoms with E-state index in [9.17, 15) is 14.7 Å². The van der Waals surface area contributed by atoms with Gasteiger partial charge in [-0.25, -0.2) is 0 Å². The quantitative estimate of drug-likeness (QED) is 0.763. The van der Waals surface area contributed by atoms with E-state index in [-0.39, 0.29) is 17.5 Å². The van der Waals surface area contributed by atoms with E-state index in [2.05, 4.69) is 17.2 Å². The normalized spacial score (nSPS) is 26.9. The van der Waals surface area contributed by atoms with E-state index in [4.69, 9.17) is 0 Å². The number of hydrogen-bond acceptors (Lipinski definition) is 3. The Morgan fingerprint density at radius 3 is 3.11 bits per heavy atom. The number of aromatic nitrogens is 1. The summed E-state index contributed by atoms with van der Waals surface area (Å²) in [6.07, 6.45) is 6.34. The summed E-state index contributed by atoms with van der Waals surface area (Å²) in [6, 6.07) is 1.31. The zero-order chi connectivity index (χ0) is 13.9. The van der Waals surface area contributed by atoms with Crippen LogP contribution in [0.2, 0.25) is 0 Å². The SMILES string of the molecule is CC1CCCC(O)(CNC(=O)c2c[nH]ccc2=O)C1. The van der Waals surface area contributed by atoms with Gasteiger partial charge in [0.05, 0.1) is 5.60 Å². The van der Waals surface area contributed by atoms with Crippen molar-refractivity contribution < 1.29 is 9.90 Å². The Morgan fingerprint density at radius 2 is 2.42 bits per heavy atom. The lowest BCUT2D eigenvalue weighted by atomic mass is 9.79. The van der Waals surface area contributed by atoms with Crippen LogP contribution in [0.5, 0.6) is 0 Å². The van der Waals surface area contributed by atoms with Crippen molar-refractivity contribution in [1.82, 2.24) is 10.3 Å². The van der Waals surface area contributed by atoms with Gasteiger partial charge in [0.2, 0.25) is 0 Å². The molecule has 0 radical (unpaired) electrons. The van der Waals surface area contributed by atoms with Gasteiger partial charge in [-0.05, 0) is 18.8 Å². The number of H-pyrrole nitrogens is 1. The van der Waals surface area contributed by atoms with Crippen LogP contribution in [0.4, 0.5) is 0 Å². The van der Waals surface area contributed by atoms with Gasteiger partial charge < -0.3 is 15.4 Å². The molecule has 0 aromatic carbocycles. The first-order valence-corrected chi connectivity index (χ1v) is 6.68. The highest BCUT2D eigenvalue weighted by molar-refractivity contribution is 5.93. The second kappa shape index (κ2) is 5.57. The molecule has 2 unspecified atom stereocenters. The molecule has 19 heavy (non-hydrogen) atoms. The van der Waals surface area contributed by atoms with Gasteiger partial charge in [-0.1, -0.05) is 19.8 Å². The second-order valence-electron chi connectivity index (χ2n) is 5.53. The third kappa shape index (κ3) is 3.44. The van der Waals surface area contributed by atoms with Crippen molar-refractivity contribution >= 4 is 5.91 Å². The van der Waals surface area contributed by atoms with Gasteiger partial charge in [0, 0.05) is 25.0 Å². The maximum absolute atomic E-state index is 11.9. The molecule has 2 atom stereocenters. The number of aliphatic hydroxyl groups is 1. The molecule has 0 spiro atoms. The average molecular weight is 264 g/mol. The predicted molar refractivity (Wildman–Crippen MR) is 72.0 cm³/mol. The smallest absolute Gasteiger partial charge is 0.256 e. The van der Waals surface area contributed by atoms with Crippen LogP contribution in [0, 0.1) is 5.92 Å². The number of carbonyl (C=O) groups is 1. The minimum Gasteiger partial charge on any atom is -0.388 e. The van der Waals surface area contributed by atoms with E-state index in [1.54, 1.807) is 0 Å². The highest BCUT2D eigenvalue weighted by atomic mass is 16.3. The number of pyridine rings is 1. The zero-order valence-corrected chi connectivity index (χ0v) is 11.1. The molecule has 0 saturated heterocycles. The third-order valence-corrected chi connectivity index (χ3v) is 3.71. The molecule has 1 aliphatic carbocycles. The van der Waals surface area contributed by atoms with Gasteiger partial charge in [-0.15, -0.1) is 0 Å². The molecule has 1 aromatic heterocycles. The summed E-state index contributed by atoms with van der Waals surface area (Å²) in [4.78, 5) is 26.1. The van der Waals surface area contributed by atoms with E-state index in [1.807, 2.05) is 0 Å². The molecule has 0 bridgehead atoms. The highest BCUT2D eigenvalue weighted by Crippen LogP contribution is 2.31. The minimum absolute atomic E-state index is 0.0787. The standard InChI is InChI=1S/C14H20N2O3/c1-10-3-2-5-14(19,7-10)9-16-13(18)11-8-15-6-4-12(11)17/h4,6,8,10,19H,2-3,5,7,9H2,1H3,(H,15,17)(H,16,18). The molecular formula is C14H20N2O3. The molecule has 1 fully saturated rings. The third-order valence-electron chi connectivity index (χ3n) is 3.71. The van der Waals surface area contributed by atoms with Gasteiger partial charge in [0.15, 0.2) is 5.43 Å². The van der Waals surface area contributed by atoms with Crippen LogP contribution in [0.3, 0.4) is 0 Å². The summed E-state index contributed by atoms with van der Waals surface area (Å²) in [5, 5.41) is 13.1. The Morgan fingerprint density at radius 1 is 1.63 bits per heavy atom. The van der Waals surface area contributed by atoms with Gasteiger partial charge in [-0.3, -0.25) is 9.59 Å². The summed E-state index contributed by atoms with van der Waals surface area (Å²) in [5.41, 5.74) is -1.08. The van der Waals surface area contributed by atoms with Crippen molar-refractivity contribution in [3.05, 3.63) is 34.2 Å². The van der Waals surface area contributed by atoms with E-state index < -0.39 is 11.5 Å². The van der Waals surface area contributed by atoms with Gasteiger partial charge in [0.1, 0.15) is 5.56 Å². The monoisotopic (exact) mass is 264 g/mol. The fourth-order valence-electron chi connectivity index (χ4n) is 2.73. The lowest BCUT2D eigenvalue weighted by Gasteiger charge is -2.35. The number of amides is 1. The maximum Gasteiger partial charge on any atom is 0.256 e. The van der Waals surface area contributed by atoms with Crippen LogP contribution in [0.1, 0.15) is 43.0 Å². The van der Waals surface area contributed by atoms with Gasteiger partial charge >= 0.3 is 0 Å². The Bertz CT molecular complexity index is 511. The molecule has 3 N–H and O–H groups in total. The minimum atomic E-state index is -0.838. The van der Waals surface area contributed by atoms with E-state index >= 15 is 0 Å². The molecule has 5 nitrogen and oxygen atoms in total. The largest absolute Gasteiger partial charge is 0.388 e. The molecule has 1 aliphatic rings. The number of hydrogen-bond donors (Lipinski definition) is 3. The topological polar surface area (TPSA) is 82.2 Å². The number of carbonyl (C=O) groups excluding carboxylic acids is 1. The Labute approximate surface area is 112 Å². The van der Waals surface area contributed by atoms with Crippen LogP contribution >= 0.6 is 0 Å². The summed E-state index contributed by atoms with van der Waals surface area (Å²) in [5.74, 6) is 0.0317. The van der Waals surface area contributed by atoms with Crippen LogP contribution in [0.15, 0.2) is 23.3 Å². The molecule has 1 saturated carbocycles. The molecule has 5 heteroatoms. The van der Waals surface area contributed by atoms with Crippen molar-refractivity contribution in [1.29, 1.82) is 0 Å². The summed E-state index contributed by atoms with van der Waals surface area (Å²) in [6.45, 7) is 2.30. The maximum atomic E-state index is 11.9. The first-order valence-electron chi connectivity index (χ1n) is 6.68. The lowest BCUT2D eigenvalue weighted by Crippen LogP contribution is -2.46. The van der Waals surface area contributed by atoms with Crippen LogP contribution < -0.4 is 10.7 Å². The molecule has 1 aromatic rings. The van der Waals surface area contributed by atoms with Crippen molar-refractivity contribution in [3.63, 3.8) is 0 Å². The van der Waals surface area contributed by atoms with E-state index in [0.717, 1.165) is 12.8 Å². The molecule has 1 heterocycles. The summed E-state index contributed by atoms with van der Waals surface area (Å²) < 4.78 is 0. The lowest BCUT2D eigenvalue weighted by molar-refractivity contribution is -0.0109. The molecule has 0 aliphatic heterocycles. The van der Waals surface area contributed by atoms with Gasteiger partial charge in [-0.2, -0.15) is 0 Å². The fourth-order valence-corrected chi connectivity index (χ4v) is 2.73. The van der Waals surface area contributed by atoms with Crippen molar-refractivity contribution in [2.75, 3.05) is 6.54 Å². The molecular weight excluding hydrogens is 244 g/mol. The number of rotatable bonds is 3. The van der Waals surface area contributed by atoms with Crippen LogP contribution in [-0.4, -0.2) is 28.1 Å². The van der Waals surface area contributed by atoms with E-state index in [0.29, 0.717) is 18.8 Å². The van der Waals surface area contributed by atoms with Crippen molar-refractivity contribution in [2.45, 2.75) is 38.2 Å². The van der Waals surface area contributed by atoms with E-state index in [1.165, 1.54) is 18.5 Å². The van der Waals surface area contributed by atoms with Crippen LogP contribution in [-0.2, 0) is 0 Å². The summed E-state index contributed by atoms with van der Waals surface area (Å²) >= 11 is 0. The number of aromatic amines is 1. The molecule has 2 rings (SSSR count). The van der Waals surface area contributed by atoms with Gasteiger partial charge in [0.25, 0.3) is 5.91 Å². The number of nitrogens with one attached hydrogen (secondary N) is 2. The molecule has 104 valence electrons. The average Bonchev–Trinajstić information content (AvgIpc) is 2.36. The van der Waals surface area contributed by atoms with Crippen molar-refractivity contribution in [3.8, 4) is 0 Å². The second-order valence-corrected chi connectivity index (χ2v) is 5.53. The molecule has 1 amide bonds. The van der Waals surface area contributed by atoms with Crippen LogP contribution in [0.25, 0.3) is 0 Å². The zero-order valence-electron chi connectivity index (χ0n) is 11.1.